The molecule has 0 aliphatic heterocycles. The molecule has 0 saturated carbocycles. The molecule has 0 atom stereocenters. The maximum absolute atomic E-state index is 12.3. The van der Waals surface area contributed by atoms with Crippen molar-refractivity contribution >= 4 is 17.4 Å². The number of nitrogens with zero attached hydrogens (tertiary/aromatic N) is 3. The maximum atomic E-state index is 12.3. The summed E-state index contributed by atoms with van der Waals surface area (Å²) < 4.78 is 41.8. The molecule has 1 aromatic heterocycles. The van der Waals surface area contributed by atoms with Crippen LogP contribution in [-0.4, -0.2) is 42.2 Å². The van der Waals surface area contributed by atoms with Gasteiger partial charge in [-0.3, -0.25) is 0 Å². The Kier molecular flexibility index (Phi) is 4.80. The molecule has 0 bridgehead atoms. The van der Waals surface area contributed by atoms with Gasteiger partial charge in [-0.15, -0.1) is 11.6 Å². The van der Waals surface area contributed by atoms with Crippen molar-refractivity contribution in [2.75, 3.05) is 31.0 Å². The quantitative estimate of drug-likeness (QED) is 0.767. The third kappa shape index (κ3) is 4.64. The monoisotopic (exact) mass is 269 g/mol. The second-order valence-electron chi connectivity index (χ2n) is 3.14. The van der Waals surface area contributed by atoms with Crippen LogP contribution in [0.25, 0.3) is 0 Å². The van der Waals surface area contributed by atoms with Crippen LogP contribution in [0.15, 0.2) is 12.4 Å². The summed E-state index contributed by atoms with van der Waals surface area (Å²) in [5.74, 6) is 0.411. The average molecular weight is 270 g/mol. The lowest BCUT2D eigenvalue weighted by Gasteiger charge is -2.23. The summed E-state index contributed by atoms with van der Waals surface area (Å²) in [7, 11) is 1.38. The van der Waals surface area contributed by atoms with E-state index in [4.69, 9.17) is 16.3 Å². The van der Waals surface area contributed by atoms with Crippen LogP contribution >= 0.6 is 11.6 Å². The van der Waals surface area contributed by atoms with E-state index in [0.717, 1.165) is 11.2 Å². The van der Waals surface area contributed by atoms with Crippen LogP contribution in [0, 0.1) is 0 Å². The number of ether oxygens (including phenoxy) is 1. The topological polar surface area (TPSA) is 38.2 Å². The highest BCUT2D eigenvalue weighted by Gasteiger charge is 2.31. The summed E-state index contributed by atoms with van der Waals surface area (Å²) in [6.07, 6.45) is -3.17. The van der Waals surface area contributed by atoms with Crippen LogP contribution in [0.2, 0.25) is 0 Å². The van der Waals surface area contributed by atoms with Crippen molar-refractivity contribution in [3.63, 3.8) is 0 Å². The number of rotatable bonds is 5. The predicted molar refractivity (Wildman–Crippen MR) is 57.6 cm³/mol. The molecule has 96 valence electrons. The first-order valence-corrected chi connectivity index (χ1v) is 5.23. The molecule has 0 N–H and O–H groups in total. The van der Waals surface area contributed by atoms with E-state index in [-0.39, 0.29) is 24.1 Å². The van der Waals surface area contributed by atoms with E-state index in [1.54, 1.807) is 0 Å². The Labute approximate surface area is 101 Å². The van der Waals surface area contributed by atoms with Gasteiger partial charge in [0.2, 0.25) is 5.88 Å². The van der Waals surface area contributed by atoms with Gasteiger partial charge in [-0.1, -0.05) is 0 Å². The first-order chi connectivity index (χ1) is 7.96. The molecule has 0 unspecified atom stereocenters. The molecule has 0 aliphatic carbocycles. The lowest BCUT2D eigenvalue weighted by Crippen LogP contribution is -2.36. The third-order valence-corrected chi connectivity index (χ3v) is 2.05. The fourth-order valence-electron chi connectivity index (χ4n) is 1.21. The fraction of sp³-hybridized carbons (Fsp3) is 0.556. The summed E-state index contributed by atoms with van der Waals surface area (Å²) in [5.41, 5.74) is 0. The van der Waals surface area contributed by atoms with Crippen molar-refractivity contribution < 1.29 is 17.9 Å². The van der Waals surface area contributed by atoms with Crippen LogP contribution < -0.4 is 9.64 Å². The molecular formula is C9H11ClF3N3O. The zero-order chi connectivity index (χ0) is 12.9. The number of alkyl halides is 4. The van der Waals surface area contributed by atoms with Gasteiger partial charge >= 0.3 is 6.18 Å². The number of hydrogen-bond acceptors (Lipinski definition) is 4. The highest BCUT2D eigenvalue weighted by Crippen LogP contribution is 2.22. The Balaban J connectivity index is 2.88. The van der Waals surface area contributed by atoms with Gasteiger partial charge in [-0.25, -0.2) is 9.97 Å². The SMILES string of the molecule is COc1cc(N(CCCl)CC(F)(F)F)ncn1. The number of methoxy groups -OCH3 is 1. The first-order valence-electron chi connectivity index (χ1n) is 4.70. The number of anilines is 1. The lowest BCUT2D eigenvalue weighted by atomic mass is 10.4. The van der Waals surface area contributed by atoms with E-state index in [1.165, 1.54) is 13.2 Å². The second kappa shape index (κ2) is 5.90. The summed E-state index contributed by atoms with van der Waals surface area (Å²) in [6, 6.07) is 1.33. The highest BCUT2D eigenvalue weighted by atomic mass is 35.5. The molecule has 8 heteroatoms. The van der Waals surface area contributed by atoms with E-state index in [2.05, 4.69) is 9.97 Å². The third-order valence-electron chi connectivity index (χ3n) is 1.89. The Hall–Kier alpha value is -1.24. The van der Waals surface area contributed by atoms with Gasteiger partial charge < -0.3 is 9.64 Å². The van der Waals surface area contributed by atoms with Crippen LogP contribution in [0.3, 0.4) is 0 Å². The first kappa shape index (κ1) is 13.8. The summed E-state index contributed by atoms with van der Waals surface area (Å²) in [4.78, 5) is 8.51. The molecular weight excluding hydrogens is 259 g/mol. The lowest BCUT2D eigenvalue weighted by molar-refractivity contribution is -0.119. The molecule has 4 nitrogen and oxygen atoms in total. The van der Waals surface area contributed by atoms with Gasteiger partial charge in [0.1, 0.15) is 18.7 Å². The Bertz CT molecular complexity index is 362. The van der Waals surface area contributed by atoms with Crippen molar-refractivity contribution in [1.82, 2.24) is 9.97 Å². The summed E-state index contributed by atoms with van der Waals surface area (Å²) in [5, 5.41) is 0. The molecule has 1 heterocycles. The fourth-order valence-corrected chi connectivity index (χ4v) is 1.41. The van der Waals surface area contributed by atoms with Crippen LogP contribution in [-0.2, 0) is 0 Å². The molecule has 0 saturated heterocycles. The predicted octanol–water partition coefficient (Wildman–Crippen LogP) is 2.09. The van der Waals surface area contributed by atoms with E-state index in [9.17, 15) is 13.2 Å². The Morgan fingerprint density at radius 3 is 2.65 bits per heavy atom. The van der Waals surface area contributed by atoms with E-state index in [1.807, 2.05) is 0 Å². The standard InChI is InChI=1S/C9H11ClF3N3O/c1-17-8-4-7(14-6-15-8)16(3-2-10)5-9(11,12)13/h4,6H,2-3,5H2,1H3. The molecule has 0 aliphatic rings. The van der Waals surface area contributed by atoms with Gasteiger partial charge in [-0.05, 0) is 0 Å². The summed E-state index contributed by atoms with van der Waals surface area (Å²) >= 11 is 5.47. The molecule has 1 aromatic rings. The van der Waals surface area contributed by atoms with Gasteiger partial charge in [0.25, 0.3) is 0 Å². The van der Waals surface area contributed by atoms with Crippen molar-refractivity contribution in [2.45, 2.75) is 6.18 Å². The molecule has 17 heavy (non-hydrogen) atoms. The zero-order valence-corrected chi connectivity index (χ0v) is 9.79. The smallest absolute Gasteiger partial charge is 0.405 e. The largest absolute Gasteiger partial charge is 0.481 e. The molecule has 1 rings (SSSR count). The molecule has 0 amide bonds. The summed E-state index contributed by atoms with van der Waals surface area (Å²) in [6.45, 7) is -1.07. The van der Waals surface area contributed by atoms with Crippen molar-refractivity contribution in [3.8, 4) is 5.88 Å². The number of hydrogen-bond donors (Lipinski definition) is 0. The van der Waals surface area contributed by atoms with E-state index >= 15 is 0 Å². The zero-order valence-electron chi connectivity index (χ0n) is 9.04. The van der Waals surface area contributed by atoms with E-state index in [0.29, 0.717) is 0 Å². The number of halogens is 4. The maximum Gasteiger partial charge on any atom is 0.405 e. The van der Waals surface area contributed by atoms with Crippen LogP contribution in [0.1, 0.15) is 0 Å². The average Bonchev–Trinajstić information content (AvgIpc) is 2.27. The van der Waals surface area contributed by atoms with Gasteiger partial charge in [0, 0.05) is 18.5 Å². The van der Waals surface area contributed by atoms with Gasteiger partial charge in [0.15, 0.2) is 0 Å². The minimum Gasteiger partial charge on any atom is -0.481 e. The molecule has 0 aromatic carbocycles. The minimum atomic E-state index is -4.32. The molecule has 0 fully saturated rings. The normalized spacial score (nSPS) is 11.4. The van der Waals surface area contributed by atoms with Crippen molar-refractivity contribution in [1.29, 1.82) is 0 Å². The highest BCUT2D eigenvalue weighted by molar-refractivity contribution is 6.18. The number of aromatic nitrogens is 2. The van der Waals surface area contributed by atoms with Crippen LogP contribution in [0.4, 0.5) is 19.0 Å². The van der Waals surface area contributed by atoms with Gasteiger partial charge in [0.05, 0.1) is 7.11 Å². The minimum absolute atomic E-state index is 0.0429. The molecule has 0 radical (unpaired) electrons. The second-order valence-corrected chi connectivity index (χ2v) is 3.52. The Morgan fingerprint density at radius 2 is 2.12 bits per heavy atom. The van der Waals surface area contributed by atoms with E-state index < -0.39 is 12.7 Å². The van der Waals surface area contributed by atoms with Crippen LogP contribution in [0.5, 0.6) is 5.88 Å². The van der Waals surface area contributed by atoms with Crippen molar-refractivity contribution in [2.24, 2.45) is 0 Å². The molecule has 0 spiro atoms. The van der Waals surface area contributed by atoms with Gasteiger partial charge in [-0.2, -0.15) is 13.2 Å². The Morgan fingerprint density at radius 1 is 1.41 bits per heavy atom. The van der Waals surface area contributed by atoms with Crippen molar-refractivity contribution in [3.05, 3.63) is 12.4 Å².